The molecule has 0 saturated heterocycles. The number of Topliss-reactive ketones (excluding diaryl/α,β-unsaturated/α-hetero) is 1. The third-order valence-corrected chi connectivity index (χ3v) is 4.60. The van der Waals surface area contributed by atoms with E-state index in [1.807, 2.05) is 69.3 Å². The Balaban J connectivity index is 2.23. The first-order chi connectivity index (χ1) is 11.8. The molecule has 2 aromatic rings. The van der Waals surface area contributed by atoms with Crippen molar-refractivity contribution in [1.82, 2.24) is 0 Å². The van der Waals surface area contributed by atoms with Gasteiger partial charge in [0.1, 0.15) is 11.0 Å². The Hall–Kier alpha value is -2.39. The largest absolute Gasteiger partial charge is 0.292 e. The van der Waals surface area contributed by atoms with Crippen molar-refractivity contribution in [2.24, 2.45) is 5.41 Å². The van der Waals surface area contributed by atoms with Gasteiger partial charge in [0.2, 0.25) is 5.91 Å². The smallest absolute Gasteiger partial charge is 0.246 e. The van der Waals surface area contributed by atoms with Crippen molar-refractivity contribution in [3.8, 4) is 0 Å². The number of anilines is 1. The molecule has 0 aromatic heterocycles. The molecular weight excluding hydrogens is 334 g/mol. The summed E-state index contributed by atoms with van der Waals surface area (Å²) in [6.07, 6.45) is 0. The zero-order valence-electron chi connectivity index (χ0n) is 14.5. The maximum Gasteiger partial charge on any atom is 0.246 e. The van der Waals surface area contributed by atoms with Crippen LogP contribution in [-0.2, 0) is 9.59 Å². The molecule has 0 saturated carbocycles. The molecule has 0 radical (unpaired) electrons. The second-order valence-electron chi connectivity index (χ2n) is 7.13. The van der Waals surface area contributed by atoms with Crippen LogP contribution in [0.3, 0.4) is 0 Å². The van der Waals surface area contributed by atoms with E-state index in [1.165, 1.54) is 0 Å². The van der Waals surface area contributed by atoms with E-state index in [9.17, 15) is 9.59 Å². The monoisotopic (exact) mass is 353 g/mol. The van der Waals surface area contributed by atoms with Crippen molar-refractivity contribution in [1.29, 1.82) is 0 Å². The minimum Gasteiger partial charge on any atom is -0.292 e. The molecule has 2 aromatic carbocycles. The Kier molecular flexibility index (Phi) is 4.53. The molecule has 3 rings (SSSR count). The predicted molar refractivity (Wildman–Crippen MR) is 100 cm³/mol. The first-order valence-corrected chi connectivity index (χ1v) is 8.58. The summed E-state index contributed by atoms with van der Waals surface area (Å²) < 4.78 is 0. The van der Waals surface area contributed by atoms with Crippen molar-refractivity contribution in [3.05, 3.63) is 77.0 Å². The summed E-state index contributed by atoms with van der Waals surface area (Å²) in [6, 6.07) is 18.4. The molecule has 1 aliphatic heterocycles. The summed E-state index contributed by atoms with van der Waals surface area (Å²) >= 11 is 6.51. The third-order valence-electron chi connectivity index (χ3n) is 4.24. The van der Waals surface area contributed by atoms with Gasteiger partial charge < -0.3 is 0 Å². The molecule has 0 aliphatic carbocycles. The number of rotatable bonds is 2. The number of hydrogen-bond acceptors (Lipinski definition) is 2. The highest BCUT2D eigenvalue weighted by Crippen LogP contribution is 2.43. The Bertz CT molecular complexity index is 835. The summed E-state index contributed by atoms with van der Waals surface area (Å²) in [4.78, 5) is 27.9. The molecule has 1 atom stereocenters. The Morgan fingerprint density at radius 3 is 1.92 bits per heavy atom. The van der Waals surface area contributed by atoms with Gasteiger partial charge in [0.05, 0.1) is 5.70 Å². The number of para-hydroxylation sites is 1. The Morgan fingerprint density at radius 1 is 0.880 bits per heavy atom. The van der Waals surface area contributed by atoms with Gasteiger partial charge in [-0.1, -0.05) is 80.9 Å². The quantitative estimate of drug-likeness (QED) is 0.721. The fourth-order valence-electron chi connectivity index (χ4n) is 3.13. The first kappa shape index (κ1) is 17.4. The van der Waals surface area contributed by atoms with E-state index in [0.29, 0.717) is 16.9 Å². The highest BCUT2D eigenvalue weighted by Gasteiger charge is 2.45. The SMILES string of the molecule is CC(C)(C)C1=C(Cl)C(=O)C(c2ccccc2)C(=O)N1c1ccccc1. The van der Waals surface area contributed by atoms with E-state index < -0.39 is 11.3 Å². The molecule has 0 fully saturated rings. The lowest BCUT2D eigenvalue weighted by Crippen LogP contribution is -2.46. The van der Waals surface area contributed by atoms with Gasteiger partial charge in [-0.05, 0) is 17.7 Å². The number of ketones is 1. The summed E-state index contributed by atoms with van der Waals surface area (Å²) in [5, 5.41) is 0.129. The van der Waals surface area contributed by atoms with E-state index >= 15 is 0 Å². The molecule has 0 bridgehead atoms. The average molecular weight is 354 g/mol. The van der Waals surface area contributed by atoms with Crippen LogP contribution in [0.2, 0.25) is 0 Å². The number of carbonyl (C=O) groups excluding carboxylic acids is 2. The number of halogens is 1. The van der Waals surface area contributed by atoms with Gasteiger partial charge in [0.15, 0.2) is 5.78 Å². The number of allylic oxidation sites excluding steroid dienone is 2. The summed E-state index contributed by atoms with van der Waals surface area (Å²) in [7, 11) is 0. The summed E-state index contributed by atoms with van der Waals surface area (Å²) in [5.74, 6) is -1.52. The summed E-state index contributed by atoms with van der Waals surface area (Å²) in [6.45, 7) is 5.85. The number of nitrogens with zero attached hydrogens (tertiary/aromatic N) is 1. The van der Waals surface area contributed by atoms with Crippen molar-refractivity contribution >= 4 is 29.0 Å². The predicted octanol–water partition coefficient (Wildman–Crippen LogP) is 4.88. The number of carbonyl (C=O) groups is 2. The number of hydrogen-bond donors (Lipinski definition) is 0. The molecule has 1 heterocycles. The normalized spacial score (nSPS) is 18.7. The fraction of sp³-hybridized carbons (Fsp3) is 0.238. The highest BCUT2D eigenvalue weighted by molar-refractivity contribution is 6.47. The van der Waals surface area contributed by atoms with Gasteiger partial charge in [0.25, 0.3) is 0 Å². The van der Waals surface area contributed by atoms with Crippen molar-refractivity contribution in [2.75, 3.05) is 4.90 Å². The molecule has 0 N–H and O–H groups in total. The van der Waals surface area contributed by atoms with Crippen LogP contribution < -0.4 is 4.90 Å². The summed E-state index contributed by atoms with van der Waals surface area (Å²) in [5.41, 5.74) is 1.45. The van der Waals surface area contributed by atoms with E-state index in [1.54, 1.807) is 17.0 Å². The van der Waals surface area contributed by atoms with Crippen LogP contribution in [0, 0.1) is 5.41 Å². The van der Waals surface area contributed by atoms with E-state index in [-0.39, 0.29) is 16.7 Å². The Labute approximate surface area is 152 Å². The first-order valence-electron chi connectivity index (χ1n) is 8.21. The van der Waals surface area contributed by atoms with Crippen LogP contribution in [-0.4, -0.2) is 11.7 Å². The van der Waals surface area contributed by atoms with E-state index in [2.05, 4.69) is 0 Å². The van der Waals surface area contributed by atoms with Crippen LogP contribution in [0.5, 0.6) is 0 Å². The van der Waals surface area contributed by atoms with Gasteiger partial charge in [-0.25, -0.2) is 0 Å². The molecular formula is C21H20ClNO2. The second kappa shape index (κ2) is 6.49. The number of amides is 1. The lowest BCUT2D eigenvalue weighted by atomic mass is 9.82. The number of benzene rings is 2. The Morgan fingerprint density at radius 2 is 1.40 bits per heavy atom. The van der Waals surface area contributed by atoms with E-state index in [0.717, 1.165) is 0 Å². The minimum atomic E-state index is -0.917. The van der Waals surface area contributed by atoms with Gasteiger partial charge in [-0.3, -0.25) is 14.5 Å². The van der Waals surface area contributed by atoms with Crippen LogP contribution in [0.1, 0.15) is 32.3 Å². The maximum absolute atomic E-state index is 13.4. The zero-order chi connectivity index (χ0) is 18.2. The molecule has 1 aliphatic rings. The molecule has 0 spiro atoms. The average Bonchev–Trinajstić information content (AvgIpc) is 2.58. The lowest BCUT2D eigenvalue weighted by Gasteiger charge is -2.39. The highest BCUT2D eigenvalue weighted by atomic mass is 35.5. The van der Waals surface area contributed by atoms with Crippen molar-refractivity contribution < 1.29 is 9.59 Å². The third kappa shape index (κ3) is 3.12. The van der Waals surface area contributed by atoms with Gasteiger partial charge in [-0.15, -0.1) is 0 Å². The molecule has 3 nitrogen and oxygen atoms in total. The van der Waals surface area contributed by atoms with Gasteiger partial charge >= 0.3 is 0 Å². The fourth-order valence-corrected chi connectivity index (χ4v) is 3.61. The van der Waals surface area contributed by atoms with Gasteiger partial charge in [0, 0.05) is 11.1 Å². The zero-order valence-corrected chi connectivity index (χ0v) is 15.2. The van der Waals surface area contributed by atoms with Crippen LogP contribution in [0.15, 0.2) is 71.4 Å². The topological polar surface area (TPSA) is 37.4 Å². The van der Waals surface area contributed by atoms with E-state index in [4.69, 9.17) is 11.6 Å². The molecule has 1 amide bonds. The van der Waals surface area contributed by atoms with Crippen LogP contribution >= 0.6 is 11.6 Å². The van der Waals surface area contributed by atoms with Gasteiger partial charge in [-0.2, -0.15) is 0 Å². The molecule has 4 heteroatoms. The minimum absolute atomic E-state index is 0.129. The lowest BCUT2D eigenvalue weighted by molar-refractivity contribution is -0.127. The maximum atomic E-state index is 13.4. The second-order valence-corrected chi connectivity index (χ2v) is 7.51. The standard InChI is InChI=1S/C21H20ClNO2/c1-21(2,3)19-17(22)18(24)16(14-10-6-4-7-11-14)20(25)23(19)15-12-8-5-9-13-15/h4-13,16H,1-3H3. The van der Waals surface area contributed by atoms with Crippen LogP contribution in [0.4, 0.5) is 5.69 Å². The van der Waals surface area contributed by atoms with Crippen LogP contribution in [0.25, 0.3) is 0 Å². The molecule has 128 valence electrons. The van der Waals surface area contributed by atoms with Crippen molar-refractivity contribution in [2.45, 2.75) is 26.7 Å². The van der Waals surface area contributed by atoms with Crippen molar-refractivity contribution in [3.63, 3.8) is 0 Å². The molecule has 25 heavy (non-hydrogen) atoms. The molecule has 1 unspecified atom stereocenters.